The molecule has 0 atom stereocenters. The van der Waals surface area contributed by atoms with E-state index < -0.39 is 12.1 Å². The second-order valence-electron chi connectivity index (χ2n) is 4.12. The largest absolute Gasteiger partial charge is 0.471 e. The Morgan fingerprint density at radius 3 is 2.50 bits per heavy atom. The third kappa shape index (κ3) is 4.75. The van der Waals surface area contributed by atoms with E-state index in [9.17, 15) is 22.8 Å². The molecule has 2 amide bonds. The summed E-state index contributed by atoms with van der Waals surface area (Å²) >= 11 is 0. The van der Waals surface area contributed by atoms with Gasteiger partial charge in [-0.2, -0.15) is 13.2 Å². The minimum atomic E-state index is -4.91. The molecule has 0 heterocycles. The molecule has 1 aromatic carbocycles. The van der Waals surface area contributed by atoms with Gasteiger partial charge in [0.1, 0.15) is 0 Å². The summed E-state index contributed by atoms with van der Waals surface area (Å²) in [5.74, 6) is -2.39. The molecular weight excluding hydrogens is 273 g/mol. The highest BCUT2D eigenvalue weighted by Gasteiger charge is 2.38. The number of benzene rings is 1. The van der Waals surface area contributed by atoms with Gasteiger partial charge in [-0.3, -0.25) is 9.59 Å². The van der Waals surface area contributed by atoms with Gasteiger partial charge in [-0.15, -0.1) is 0 Å². The number of carbonyl (C=O) groups is 2. The van der Waals surface area contributed by atoms with Crippen LogP contribution in [0.15, 0.2) is 36.4 Å². The van der Waals surface area contributed by atoms with Crippen LogP contribution >= 0.6 is 0 Å². The molecule has 2 N–H and O–H groups in total. The topological polar surface area (TPSA) is 58.2 Å². The second-order valence-corrected chi connectivity index (χ2v) is 4.12. The number of nitrogens with one attached hydrogen (secondary N) is 2. The first-order valence-electron chi connectivity index (χ1n) is 5.61. The summed E-state index contributed by atoms with van der Waals surface area (Å²) in [5, 5.41) is 4.27. The van der Waals surface area contributed by atoms with Crippen molar-refractivity contribution in [3.8, 4) is 0 Å². The molecule has 0 aliphatic heterocycles. The van der Waals surface area contributed by atoms with Crippen molar-refractivity contribution in [2.45, 2.75) is 19.6 Å². The number of anilines is 1. The summed E-state index contributed by atoms with van der Waals surface area (Å²) in [4.78, 5) is 22.1. The van der Waals surface area contributed by atoms with E-state index in [1.807, 2.05) is 0 Å². The van der Waals surface area contributed by atoms with Crippen molar-refractivity contribution < 1.29 is 22.8 Å². The standard InChI is InChI=1S/C13H13F3N2O2/c1-8(2)11(19)18-10-5-3-4-9(6-10)7-17-12(20)13(14,15)16/h3-6H,1,7H2,2H3,(H,17,20)(H,18,19). The van der Waals surface area contributed by atoms with Crippen molar-refractivity contribution in [3.05, 3.63) is 42.0 Å². The second kappa shape index (κ2) is 6.23. The Bertz CT molecular complexity index is 539. The SMILES string of the molecule is C=C(C)C(=O)Nc1cccc(CNC(=O)C(F)(F)F)c1. The molecule has 0 radical (unpaired) electrons. The highest BCUT2D eigenvalue weighted by molar-refractivity contribution is 6.02. The Hall–Kier alpha value is -2.31. The molecule has 1 rings (SSSR count). The molecule has 7 heteroatoms. The molecule has 0 saturated heterocycles. The van der Waals surface area contributed by atoms with Gasteiger partial charge >= 0.3 is 12.1 Å². The van der Waals surface area contributed by atoms with Crippen molar-refractivity contribution in [1.82, 2.24) is 5.32 Å². The van der Waals surface area contributed by atoms with Crippen LogP contribution in [0.4, 0.5) is 18.9 Å². The fraction of sp³-hybridized carbons (Fsp3) is 0.231. The van der Waals surface area contributed by atoms with Crippen LogP contribution in [0.3, 0.4) is 0 Å². The van der Waals surface area contributed by atoms with Crippen molar-refractivity contribution in [2.24, 2.45) is 0 Å². The number of halogens is 3. The minimum absolute atomic E-state index is 0.283. The van der Waals surface area contributed by atoms with Crippen LogP contribution in [0.25, 0.3) is 0 Å². The maximum atomic E-state index is 12.0. The first-order valence-corrected chi connectivity index (χ1v) is 5.61. The number of rotatable bonds is 4. The number of hydrogen-bond donors (Lipinski definition) is 2. The number of carbonyl (C=O) groups excluding carboxylic acids is 2. The quantitative estimate of drug-likeness (QED) is 0.835. The van der Waals surface area contributed by atoms with Gasteiger partial charge in [0.15, 0.2) is 0 Å². The van der Waals surface area contributed by atoms with Crippen molar-refractivity contribution in [2.75, 3.05) is 5.32 Å². The average molecular weight is 286 g/mol. The van der Waals surface area contributed by atoms with E-state index in [1.54, 1.807) is 17.4 Å². The summed E-state index contributed by atoms with van der Waals surface area (Å²) in [6.45, 7) is 4.71. The molecule has 20 heavy (non-hydrogen) atoms. The van der Waals surface area contributed by atoms with Gasteiger partial charge in [-0.05, 0) is 24.6 Å². The van der Waals surface area contributed by atoms with Crippen LogP contribution in [0.5, 0.6) is 0 Å². The zero-order valence-electron chi connectivity index (χ0n) is 10.7. The lowest BCUT2D eigenvalue weighted by Gasteiger charge is -2.09. The van der Waals surface area contributed by atoms with Gasteiger partial charge in [0.2, 0.25) is 0 Å². The van der Waals surface area contributed by atoms with Crippen molar-refractivity contribution in [3.63, 3.8) is 0 Å². The Labute approximate surface area is 113 Å². The zero-order chi connectivity index (χ0) is 15.3. The maximum absolute atomic E-state index is 12.0. The maximum Gasteiger partial charge on any atom is 0.471 e. The van der Waals surface area contributed by atoms with Gasteiger partial charge in [-0.1, -0.05) is 18.7 Å². The van der Waals surface area contributed by atoms with E-state index in [0.717, 1.165) is 0 Å². The van der Waals surface area contributed by atoms with E-state index in [-0.39, 0.29) is 12.5 Å². The van der Waals surface area contributed by atoms with Crippen LogP contribution in [0, 0.1) is 0 Å². The first-order chi connectivity index (χ1) is 9.20. The smallest absolute Gasteiger partial charge is 0.344 e. The highest BCUT2D eigenvalue weighted by atomic mass is 19.4. The molecule has 1 aromatic rings. The minimum Gasteiger partial charge on any atom is -0.344 e. The lowest BCUT2D eigenvalue weighted by Crippen LogP contribution is -2.36. The van der Waals surface area contributed by atoms with Gasteiger partial charge in [0.05, 0.1) is 0 Å². The summed E-state index contributed by atoms with van der Waals surface area (Å²) in [5.41, 5.74) is 1.15. The molecule has 0 aliphatic carbocycles. The molecule has 0 bridgehead atoms. The average Bonchev–Trinajstić information content (AvgIpc) is 2.35. The van der Waals surface area contributed by atoms with Crippen LogP contribution in [0.1, 0.15) is 12.5 Å². The Morgan fingerprint density at radius 1 is 1.30 bits per heavy atom. The number of alkyl halides is 3. The normalized spacial score (nSPS) is 10.8. The third-order valence-corrected chi connectivity index (χ3v) is 2.28. The first kappa shape index (κ1) is 15.7. The highest BCUT2D eigenvalue weighted by Crippen LogP contribution is 2.15. The molecule has 0 spiro atoms. The third-order valence-electron chi connectivity index (χ3n) is 2.28. The van der Waals surface area contributed by atoms with Gasteiger partial charge in [-0.25, -0.2) is 0 Å². The van der Waals surface area contributed by atoms with Crippen LogP contribution in [-0.4, -0.2) is 18.0 Å². The molecule has 0 aromatic heterocycles. The van der Waals surface area contributed by atoms with Crippen molar-refractivity contribution in [1.29, 1.82) is 0 Å². The molecule has 0 aliphatic rings. The summed E-state index contributed by atoms with van der Waals surface area (Å²) in [6, 6.07) is 6.14. The molecule has 0 unspecified atom stereocenters. The summed E-state index contributed by atoms with van der Waals surface area (Å²) in [7, 11) is 0. The van der Waals surface area contributed by atoms with Crippen LogP contribution in [-0.2, 0) is 16.1 Å². The monoisotopic (exact) mass is 286 g/mol. The lowest BCUT2D eigenvalue weighted by atomic mass is 10.2. The van der Waals surface area contributed by atoms with E-state index in [2.05, 4.69) is 11.9 Å². The zero-order valence-corrected chi connectivity index (χ0v) is 10.7. The Kier molecular flexibility index (Phi) is 4.90. The van der Waals surface area contributed by atoms with E-state index >= 15 is 0 Å². The molecule has 4 nitrogen and oxygen atoms in total. The fourth-order valence-corrected chi connectivity index (χ4v) is 1.28. The summed E-state index contributed by atoms with van der Waals surface area (Å²) < 4.78 is 36.0. The predicted molar refractivity (Wildman–Crippen MR) is 67.8 cm³/mol. The van der Waals surface area contributed by atoms with E-state index in [4.69, 9.17) is 0 Å². The van der Waals surface area contributed by atoms with Gasteiger partial charge in [0, 0.05) is 17.8 Å². The number of amides is 2. The molecule has 0 fully saturated rings. The summed E-state index contributed by atoms with van der Waals surface area (Å²) in [6.07, 6.45) is -4.91. The van der Waals surface area contributed by atoms with Gasteiger partial charge < -0.3 is 10.6 Å². The molecule has 0 saturated carbocycles. The molecule has 108 valence electrons. The molecular formula is C13H13F3N2O2. The lowest BCUT2D eigenvalue weighted by molar-refractivity contribution is -0.173. The van der Waals surface area contributed by atoms with Crippen LogP contribution < -0.4 is 10.6 Å². The predicted octanol–water partition coefficient (Wildman–Crippen LogP) is 2.38. The van der Waals surface area contributed by atoms with Gasteiger partial charge in [0.25, 0.3) is 5.91 Å². The van der Waals surface area contributed by atoms with Crippen molar-refractivity contribution >= 4 is 17.5 Å². The Balaban J connectivity index is 2.67. The number of hydrogen-bond acceptors (Lipinski definition) is 2. The Morgan fingerprint density at radius 2 is 1.95 bits per heavy atom. The van der Waals surface area contributed by atoms with E-state index in [1.165, 1.54) is 19.1 Å². The van der Waals surface area contributed by atoms with Crippen LogP contribution in [0.2, 0.25) is 0 Å². The van der Waals surface area contributed by atoms with E-state index in [0.29, 0.717) is 16.8 Å². The fourth-order valence-electron chi connectivity index (χ4n) is 1.28.